The predicted octanol–water partition coefficient (Wildman–Crippen LogP) is 2.14. The monoisotopic (exact) mass is 214 g/mol. The quantitative estimate of drug-likeness (QED) is 0.752. The van der Waals surface area contributed by atoms with Gasteiger partial charge in [-0.1, -0.05) is 30.3 Å². The van der Waals surface area contributed by atoms with E-state index in [1.54, 1.807) is 6.07 Å². The smallest absolute Gasteiger partial charge is 0.316 e. The number of carbonyl (C=O) groups excluding carboxylic acids is 2. The number of urea groups is 1. The number of rotatable bonds is 2. The Hall–Kier alpha value is -2.36. The number of hydrogen-bond acceptors (Lipinski definition) is 2. The first-order valence-corrected chi connectivity index (χ1v) is 4.76. The van der Waals surface area contributed by atoms with Crippen LogP contribution < -0.4 is 11.1 Å². The van der Waals surface area contributed by atoms with E-state index in [1.165, 1.54) is 0 Å². The van der Waals surface area contributed by atoms with E-state index >= 15 is 0 Å². The molecule has 0 aromatic heterocycles. The molecule has 0 aliphatic carbocycles. The zero-order valence-corrected chi connectivity index (χ0v) is 8.44. The molecule has 2 aromatic rings. The van der Waals surface area contributed by atoms with E-state index in [-0.39, 0.29) is 0 Å². The zero-order chi connectivity index (χ0) is 11.5. The van der Waals surface area contributed by atoms with Gasteiger partial charge < -0.3 is 11.1 Å². The Morgan fingerprint density at radius 1 is 1.19 bits per heavy atom. The van der Waals surface area contributed by atoms with Crippen molar-refractivity contribution in [1.82, 2.24) is 0 Å². The van der Waals surface area contributed by atoms with Crippen molar-refractivity contribution in [2.45, 2.75) is 0 Å². The third-order valence-corrected chi connectivity index (χ3v) is 2.34. The van der Waals surface area contributed by atoms with Gasteiger partial charge in [-0.2, -0.15) is 0 Å². The third kappa shape index (κ3) is 1.72. The molecule has 0 radical (unpaired) electrons. The number of benzene rings is 2. The summed E-state index contributed by atoms with van der Waals surface area (Å²) < 4.78 is 0. The Morgan fingerprint density at radius 3 is 2.62 bits per heavy atom. The van der Waals surface area contributed by atoms with Gasteiger partial charge in [-0.25, -0.2) is 4.79 Å². The van der Waals surface area contributed by atoms with Gasteiger partial charge in [0.15, 0.2) is 6.29 Å². The molecule has 0 unspecified atom stereocenters. The third-order valence-electron chi connectivity index (χ3n) is 2.34. The number of nitrogens with two attached hydrogens (primary N) is 1. The van der Waals surface area contributed by atoms with Gasteiger partial charge in [0.2, 0.25) is 0 Å². The molecule has 4 nitrogen and oxygen atoms in total. The zero-order valence-electron chi connectivity index (χ0n) is 8.44. The molecule has 0 heterocycles. The lowest BCUT2D eigenvalue weighted by Crippen LogP contribution is -2.20. The minimum Gasteiger partial charge on any atom is -0.351 e. The lowest BCUT2D eigenvalue weighted by molar-refractivity contribution is 0.112. The van der Waals surface area contributed by atoms with Crippen LogP contribution in [0.1, 0.15) is 10.4 Å². The molecular formula is C12H10N2O2. The van der Waals surface area contributed by atoms with Crippen molar-refractivity contribution in [3.05, 3.63) is 42.0 Å². The summed E-state index contributed by atoms with van der Waals surface area (Å²) in [6, 6.07) is 10.2. The van der Waals surface area contributed by atoms with Crippen LogP contribution in [0.2, 0.25) is 0 Å². The molecule has 0 aliphatic heterocycles. The molecular weight excluding hydrogens is 204 g/mol. The Balaban J connectivity index is 2.72. The van der Waals surface area contributed by atoms with Crippen LogP contribution in [0, 0.1) is 0 Å². The number of nitrogens with one attached hydrogen (secondary N) is 1. The highest BCUT2D eigenvalue weighted by molar-refractivity contribution is 6.07. The van der Waals surface area contributed by atoms with Crippen LogP contribution in [0.4, 0.5) is 10.5 Å². The highest BCUT2D eigenvalue weighted by Crippen LogP contribution is 2.26. The molecule has 16 heavy (non-hydrogen) atoms. The molecule has 4 heteroatoms. The van der Waals surface area contributed by atoms with E-state index in [1.807, 2.05) is 30.3 Å². The van der Waals surface area contributed by atoms with Crippen molar-refractivity contribution in [2.24, 2.45) is 5.73 Å². The van der Waals surface area contributed by atoms with Gasteiger partial charge in [-0.05, 0) is 11.5 Å². The summed E-state index contributed by atoms with van der Waals surface area (Å²) in [5.41, 5.74) is 5.95. The highest BCUT2D eigenvalue weighted by atomic mass is 16.2. The Labute approximate surface area is 92.1 Å². The molecule has 2 rings (SSSR count). The normalized spacial score (nSPS) is 10.0. The van der Waals surface area contributed by atoms with Crippen molar-refractivity contribution in [1.29, 1.82) is 0 Å². The fourth-order valence-electron chi connectivity index (χ4n) is 1.65. The second-order valence-corrected chi connectivity index (χ2v) is 3.36. The molecule has 0 saturated carbocycles. The van der Waals surface area contributed by atoms with Crippen LogP contribution in [0.3, 0.4) is 0 Å². The standard InChI is InChI=1S/C12H10N2O2/c13-12(16)14-11-9(7-15)6-5-8-3-1-2-4-10(8)11/h1-7H,(H3,13,14,16). The molecule has 0 saturated heterocycles. The first-order chi connectivity index (χ1) is 7.72. The van der Waals surface area contributed by atoms with E-state index in [4.69, 9.17) is 5.73 Å². The van der Waals surface area contributed by atoms with Gasteiger partial charge in [-0.3, -0.25) is 4.79 Å². The van der Waals surface area contributed by atoms with Gasteiger partial charge in [0, 0.05) is 10.9 Å². The number of primary amides is 1. The fraction of sp³-hybridized carbons (Fsp3) is 0. The van der Waals surface area contributed by atoms with Crippen LogP contribution in [0.25, 0.3) is 10.8 Å². The maximum atomic E-state index is 10.9. The first-order valence-electron chi connectivity index (χ1n) is 4.76. The average Bonchev–Trinajstić information content (AvgIpc) is 2.29. The summed E-state index contributed by atoms with van der Waals surface area (Å²) in [7, 11) is 0. The summed E-state index contributed by atoms with van der Waals surface area (Å²) >= 11 is 0. The van der Waals surface area contributed by atoms with Crippen LogP contribution in [-0.4, -0.2) is 12.3 Å². The molecule has 0 atom stereocenters. The summed E-state index contributed by atoms with van der Waals surface area (Å²) in [5, 5.41) is 4.21. The molecule has 2 amide bonds. The Morgan fingerprint density at radius 2 is 1.94 bits per heavy atom. The maximum absolute atomic E-state index is 10.9. The van der Waals surface area contributed by atoms with Crippen LogP contribution in [-0.2, 0) is 0 Å². The van der Waals surface area contributed by atoms with Gasteiger partial charge >= 0.3 is 6.03 Å². The predicted molar refractivity (Wildman–Crippen MR) is 62.5 cm³/mol. The topological polar surface area (TPSA) is 72.2 Å². The van der Waals surface area contributed by atoms with E-state index < -0.39 is 6.03 Å². The molecule has 0 bridgehead atoms. The van der Waals surface area contributed by atoms with Gasteiger partial charge in [0.1, 0.15) is 0 Å². The maximum Gasteiger partial charge on any atom is 0.316 e. The molecule has 0 fully saturated rings. The van der Waals surface area contributed by atoms with Gasteiger partial charge in [0.25, 0.3) is 0 Å². The van der Waals surface area contributed by atoms with E-state index in [0.717, 1.165) is 10.8 Å². The summed E-state index contributed by atoms with van der Waals surface area (Å²) in [4.78, 5) is 21.7. The molecule has 3 N–H and O–H groups in total. The Kier molecular flexibility index (Phi) is 2.55. The van der Waals surface area contributed by atoms with Crippen molar-refractivity contribution < 1.29 is 9.59 Å². The lowest BCUT2D eigenvalue weighted by atomic mass is 10.0. The number of aldehydes is 1. The second-order valence-electron chi connectivity index (χ2n) is 3.36. The molecule has 0 aliphatic rings. The fourth-order valence-corrected chi connectivity index (χ4v) is 1.65. The number of amides is 2. The van der Waals surface area contributed by atoms with Gasteiger partial charge in [-0.15, -0.1) is 0 Å². The molecule has 2 aromatic carbocycles. The lowest BCUT2D eigenvalue weighted by Gasteiger charge is -2.09. The van der Waals surface area contributed by atoms with E-state index in [9.17, 15) is 9.59 Å². The highest BCUT2D eigenvalue weighted by Gasteiger charge is 2.08. The summed E-state index contributed by atoms with van der Waals surface area (Å²) in [6.07, 6.45) is 0.692. The minimum absolute atomic E-state index is 0.414. The van der Waals surface area contributed by atoms with Crippen molar-refractivity contribution in [3.63, 3.8) is 0 Å². The molecule has 0 spiro atoms. The number of hydrogen-bond donors (Lipinski definition) is 2. The van der Waals surface area contributed by atoms with Crippen molar-refractivity contribution in [3.8, 4) is 0 Å². The largest absolute Gasteiger partial charge is 0.351 e. The summed E-state index contributed by atoms with van der Waals surface area (Å²) in [5.74, 6) is 0. The minimum atomic E-state index is -0.681. The van der Waals surface area contributed by atoms with Gasteiger partial charge in [0.05, 0.1) is 5.69 Å². The average molecular weight is 214 g/mol. The van der Waals surface area contributed by atoms with Crippen LogP contribution in [0.5, 0.6) is 0 Å². The van der Waals surface area contributed by atoms with Crippen LogP contribution in [0.15, 0.2) is 36.4 Å². The summed E-state index contributed by atoms with van der Waals surface area (Å²) in [6.45, 7) is 0. The van der Waals surface area contributed by atoms with Crippen LogP contribution >= 0.6 is 0 Å². The second kappa shape index (κ2) is 4.02. The molecule has 80 valence electrons. The van der Waals surface area contributed by atoms with E-state index in [0.29, 0.717) is 17.5 Å². The number of anilines is 1. The van der Waals surface area contributed by atoms with Crippen molar-refractivity contribution >= 4 is 28.8 Å². The van der Waals surface area contributed by atoms with Crippen molar-refractivity contribution in [2.75, 3.05) is 5.32 Å². The van der Waals surface area contributed by atoms with E-state index in [2.05, 4.69) is 5.32 Å². The SMILES string of the molecule is NC(=O)Nc1c(C=O)ccc2ccccc12. The number of carbonyl (C=O) groups is 2. The number of fused-ring (bicyclic) bond motifs is 1. The Bertz CT molecular complexity index is 564. The first kappa shape index (κ1) is 10.2.